The van der Waals surface area contributed by atoms with E-state index in [0.29, 0.717) is 23.2 Å². The van der Waals surface area contributed by atoms with Gasteiger partial charge in [0.1, 0.15) is 5.82 Å². The van der Waals surface area contributed by atoms with E-state index in [-0.39, 0.29) is 5.92 Å². The van der Waals surface area contributed by atoms with Gasteiger partial charge in [-0.05, 0) is 48.9 Å². The number of rotatable bonds is 3. The summed E-state index contributed by atoms with van der Waals surface area (Å²) < 4.78 is 40.8. The van der Waals surface area contributed by atoms with Crippen molar-refractivity contribution in [2.24, 2.45) is 11.8 Å². The molecule has 0 N–H and O–H groups in total. The minimum Gasteiger partial charge on any atom is -0.279 e. The molecule has 0 amide bonds. The Kier molecular flexibility index (Phi) is 3.89. The van der Waals surface area contributed by atoms with Gasteiger partial charge in [0.15, 0.2) is 5.82 Å². The lowest BCUT2D eigenvalue weighted by Gasteiger charge is -2.19. The summed E-state index contributed by atoms with van der Waals surface area (Å²) >= 11 is 0. The maximum atomic E-state index is 12.9. The van der Waals surface area contributed by atoms with E-state index in [1.54, 1.807) is 0 Å². The Morgan fingerprint density at radius 3 is 2.39 bits per heavy atom. The molecule has 2 aromatic carbocycles. The lowest BCUT2D eigenvalue weighted by Crippen LogP contribution is -2.12. The van der Waals surface area contributed by atoms with Crippen LogP contribution >= 0.6 is 0 Å². The van der Waals surface area contributed by atoms with Crippen LogP contribution in [0.5, 0.6) is 0 Å². The van der Waals surface area contributed by atoms with E-state index in [1.165, 1.54) is 18.6 Å². The molecular weight excluding hydrogens is 363 g/mol. The molecule has 1 heterocycles. The number of hydrogen-bond donors (Lipinski definition) is 0. The molecule has 28 heavy (non-hydrogen) atoms. The van der Waals surface area contributed by atoms with Crippen LogP contribution in [0.2, 0.25) is 0 Å². The Bertz CT molecular complexity index is 1020. The molecule has 3 aromatic rings. The van der Waals surface area contributed by atoms with Crippen LogP contribution in [-0.4, -0.2) is 14.8 Å². The minimum absolute atomic E-state index is 0.283. The van der Waals surface area contributed by atoms with Crippen LogP contribution in [0.15, 0.2) is 66.7 Å². The first-order valence-corrected chi connectivity index (χ1v) is 9.37. The molecule has 2 aliphatic carbocycles. The van der Waals surface area contributed by atoms with Gasteiger partial charge in [0.25, 0.3) is 0 Å². The average Bonchev–Trinajstić information content (AvgIpc) is 3.37. The second kappa shape index (κ2) is 6.33. The van der Waals surface area contributed by atoms with Crippen LogP contribution in [0, 0.1) is 11.8 Å². The van der Waals surface area contributed by atoms with Crippen LogP contribution in [0.1, 0.15) is 30.1 Å². The molecule has 0 bridgehead atoms. The first kappa shape index (κ1) is 17.2. The van der Waals surface area contributed by atoms with Crippen LogP contribution < -0.4 is 0 Å². The number of fused-ring (bicyclic) bond motifs is 1. The molecule has 3 nitrogen and oxygen atoms in total. The molecular formula is C22H18F3N3. The highest BCUT2D eigenvalue weighted by Gasteiger charge is 2.45. The van der Waals surface area contributed by atoms with Gasteiger partial charge in [-0.15, -0.1) is 10.2 Å². The average molecular weight is 381 g/mol. The highest BCUT2D eigenvalue weighted by Crippen LogP contribution is 2.53. The summed E-state index contributed by atoms with van der Waals surface area (Å²) in [5, 5.41) is 8.89. The third kappa shape index (κ3) is 2.93. The number of halogens is 3. The first-order valence-electron chi connectivity index (χ1n) is 9.37. The van der Waals surface area contributed by atoms with Gasteiger partial charge in [-0.1, -0.05) is 42.5 Å². The molecule has 0 aliphatic heterocycles. The van der Waals surface area contributed by atoms with Gasteiger partial charge in [0.2, 0.25) is 0 Å². The van der Waals surface area contributed by atoms with E-state index >= 15 is 0 Å². The summed E-state index contributed by atoms with van der Waals surface area (Å²) in [5.74, 6) is 2.94. The van der Waals surface area contributed by atoms with Crippen LogP contribution in [0.4, 0.5) is 13.2 Å². The van der Waals surface area contributed by atoms with Gasteiger partial charge in [-0.3, -0.25) is 4.57 Å². The molecule has 1 saturated carbocycles. The van der Waals surface area contributed by atoms with E-state index in [1.807, 2.05) is 34.9 Å². The van der Waals surface area contributed by atoms with Crippen molar-refractivity contribution in [3.63, 3.8) is 0 Å². The van der Waals surface area contributed by atoms with Crippen molar-refractivity contribution in [2.75, 3.05) is 0 Å². The van der Waals surface area contributed by atoms with Crippen molar-refractivity contribution in [2.45, 2.75) is 24.9 Å². The lowest BCUT2D eigenvalue weighted by atomic mass is 9.93. The zero-order valence-corrected chi connectivity index (χ0v) is 15.0. The largest absolute Gasteiger partial charge is 0.416 e. The number of hydrogen-bond acceptors (Lipinski definition) is 2. The summed E-state index contributed by atoms with van der Waals surface area (Å²) in [6.07, 6.45) is 2.21. The van der Waals surface area contributed by atoms with Crippen molar-refractivity contribution >= 4 is 0 Å². The number of benzene rings is 2. The van der Waals surface area contributed by atoms with E-state index in [0.717, 1.165) is 30.1 Å². The number of allylic oxidation sites excluding steroid dienone is 2. The summed E-state index contributed by atoms with van der Waals surface area (Å²) in [6.45, 7) is 0. The Labute approximate surface area is 160 Å². The van der Waals surface area contributed by atoms with Crippen molar-refractivity contribution in [3.8, 4) is 17.1 Å². The fourth-order valence-corrected chi connectivity index (χ4v) is 4.15. The zero-order chi connectivity index (χ0) is 19.3. The summed E-state index contributed by atoms with van der Waals surface area (Å²) in [6, 6.07) is 14.9. The van der Waals surface area contributed by atoms with Crippen molar-refractivity contribution < 1.29 is 13.2 Å². The van der Waals surface area contributed by atoms with Crippen molar-refractivity contribution in [3.05, 3.63) is 78.1 Å². The Morgan fingerprint density at radius 2 is 1.68 bits per heavy atom. The van der Waals surface area contributed by atoms with E-state index < -0.39 is 11.7 Å². The highest BCUT2D eigenvalue weighted by atomic mass is 19.4. The van der Waals surface area contributed by atoms with E-state index in [2.05, 4.69) is 22.3 Å². The molecule has 2 aliphatic rings. The monoisotopic (exact) mass is 381 g/mol. The molecule has 0 radical (unpaired) electrons. The molecule has 1 aromatic heterocycles. The maximum absolute atomic E-state index is 12.9. The molecule has 1 fully saturated rings. The first-order chi connectivity index (χ1) is 13.5. The number of aromatic nitrogens is 3. The van der Waals surface area contributed by atoms with Gasteiger partial charge < -0.3 is 0 Å². The normalized spacial score (nSPS) is 23.5. The highest BCUT2D eigenvalue weighted by molar-refractivity contribution is 5.59. The van der Waals surface area contributed by atoms with Gasteiger partial charge in [-0.25, -0.2) is 0 Å². The summed E-state index contributed by atoms with van der Waals surface area (Å²) in [4.78, 5) is 0. The zero-order valence-electron chi connectivity index (χ0n) is 15.0. The third-order valence-corrected chi connectivity index (χ3v) is 5.69. The Hall–Kier alpha value is -2.89. The SMILES string of the molecule is FC(F)(F)c1ccc(-c2nnc(C3CC=CC4CC43)n2-c2ccccc2)cc1. The number of para-hydroxylation sites is 1. The Morgan fingerprint density at radius 1 is 0.929 bits per heavy atom. The van der Waals surface area contributed by atoms with Crippen molar-refractivity contribution in [1.29, 1.82) is 0 Å². The predicted molar refractivity (Wildman–Crippen MR) is 99.9 cm³/mol. The van der Waals surface area contributed by atoms with Gasteiger partial charge in [0, 0.05) is 17.2 Å². The summed E-state index contributed by atoms with van der Waals surface area (Å²) in [7, 11) is 0. The fraction of sp³-hybridized carbons (Fsp3) is 0.273. The summed E-state index contributed by atoms with van der Waals surface area (Å²) in [5.41, 5.74) is 0.874. The second-order valence-electron chi connectivity index (χ2n) is 7.46. The van der Waals surface area contributed by atoms with Gasteiger partial charge >= 0.3 is 6.18 Å². The quantitative estimate of drug-likeness (QED) is 0.550. The second-order valence-corrected chi connectivity index (χ2v) is 7.46. The van der Waals surface area contributed by atoms with E-state index in [9.17, 15) is 13.2 Å². The number of nitrogens with zero attached hydrogens (tertiary/aromatic N) is 3. The van der Waals surface area contributed by atoms with Crippen LogP contribution in [-0.2, 0) is 6.18 Å². The molecule has 0 spiro atoms. The molecule has 3 unspecified atom stereocenters. The standard InChI is InChI=1S/C22H18F3N3/c23-22(24,25)16-11-9-14(10-12-16)20-26-27-21(18-8-4-5-15-13-19(15)18)28(20)17-6-2-1-3-7-17/h1-7,9-12,15,18-19H,8,13H2. The molecule has 3 atom stereocenters. The molecule has 5 rings (SSSR count). The Balaban J connectivity index is 1.61. The van der Waals surface area contributed by atoms with Crippen LogP contribution in [0.25, 0.3) is 17.1 Å². The smallest absolute Gasteiger partial charge is 0.279 e. The minimum atomic E-state index is -4.35. The van der Waals surface area contributed by atoms with Crippen LogP contribution in [0.3, 0.4) is 0 Å². The fourth-order valence-electron chi connectivity index (χ4n) is 4.15. The molecule has 142 valence electrons. The molecule has 0 saturated heterocycles. The topological polar surface area (TPSA) is 30.7 Å². The van der Waals surface area contributed by atoms with Crippen molar-refractivity contribution in [1.82, 2.24) is 14.8 Å². The van der Waals surface area contributed by atoms with Gasteiger partial charge in [0.05, 0.1) is 5.56 Å². The lowest BCUT2D eigenvalue weighted by molar-refractivity contribution is -0.137. The third-order valence-electron chi connectivity index (χ3n) is 5.69. The predicted octanol–water partition coefficient (Wildman–Crippen LogP) is 5.63. The number of alkyl halides is 3. The molecule has 6 heteroatoms. The van der Waals surface area contributed by atoms with E-state index in [4.69, 9.17) is 0 Å². The van der Waals surface area contributed by atoms with Gasteiger partial charge in [-0.2, -0.15) is 13.2 Å². The maximum Gasteiger partial charge on any atom is 0.416 e.